The summed E-state index contributed by atoms with van der Waals surface area (Å²) in [6, 6.07) is 2.02. The van der Waals surface area contributed by atoms with Crippen LogP contribution >= 0.6 is 22.6 Å². The van der Waals surface area contributed by atoms with Gasteiger partial charge in [0.1, 0.15) is 21.9 Å². The van der Waals surface area contributed by atoms with Crippen molar-refractivity contribution in [3.05, 3.63) is 30.0 Å². The molecule has 0 saturated heterocycles. The van der Waals surface area contributed by atoms with Crippen LogP contribution in [0.1, 0.15) is 5.56 Å². The number of aromatic nitrogens is 4. The van der Waals surface area contributed by atoms with Gasteiger partial charge in [-0.25, -0.2) is 21.9 Å². The summed E-state index contributed by atoms with van der Waals surface area (Å²) in [5.41, 5.74) is -1.68. The normalized spacial score (nSPS) is 12.2. The summed E-state index contributed by atoms with van der Waals surface area (Å²) < 4.78 is 109. The van der Waals surface area contributed by atoms with Gasteiger partial charge in [0.25, 0.3) is 22.4 Å². The van der Waals surface area contributed by atoms with Gasteiger partial charge in [0.15, 0.2) is 5.75 Å². The van der Waals surface area contributed by atoms with Gasteiger partial charge < -0.3 is 14.2 Å². The molecule has 0 aliphatic heterocycles. The van der Waals surface area contributed by atoms with Gasteiger partial charge in [-0.3, -0.25) is 0 Å². The molecule has 0 spiro atoms. The summed E-state index contributed by atoms with van der Waals surface area (Å²) in [4.78, 5) is 6.44. The van der Waals surface area contributed by atoms with Gasteiger partial charge in [-0.15, -0.1) is 5.10 Å². The molecule has 180 valence electrons. The van der Waals surface area contributed by atoms with Gasteiger partial charge in [-0.2, -0.15) is 27.7 Å². The topological polar surface area (TPSA) is 117 Å². The summed E-state index contributed by atoms with van der Waals surface area (Å²) >= 11 is 1.86. The average molecular weight is 609 g/mol. The van der Waals surface area contributed by atoms with Gasteiger partial charge in [0, 0.05) is 0 Å². The summed E-state index contributed by atoms with van der Waals surface area (Å²) in [7, 11) is -3.80. The van der Waals surface area contributed by atoms with Gasteiger partial charge in [0.05, 0.1) is 18.9 Å². The maximum Gasteiger partial charge on any atom is 0.417 e. The number of benzene rings is 1. The first-order valence-electron chi connectivity index (χ1n) is 8.60. The van der Waals surface area contributed by atoms with Crippen LogP contribution in [0.5, 0.6) is 17.5 Å². The number of rotatable bonds is 9. The zero-order valence-electron chi connectivity index (χ0n) is 16.3. The first-order chi connectivity index (χ1) is 15.5. The summed E-state index contributed by atoms with van der Waals surface area (Å²) in [5.74, 6) is -1.52. The van der Waals surface area contributed by atoms with Gasteiger partial charge in [-0.1, -0.05) is 6.07 Å². The van der Waals surface area contributed by atoms with E-state index in [-0.39, 0.29) is 22.0 Å². The second-order valence-corrected chi connectivity index (χ2v) is 8.21. The van der Waals surface area contributed by atoms with Crippen LogP contribution < -0.4 is 18.9 Å². The molecular weight excluding hydrogens is 596 g/mol. The Balaban J connectivity index is 2.11. The van der Waals surface area contributed by atoms with E-state index < -0.39 is 51.4 Å². The molecule has 2 heterocycles. The fourth-order valence-electron chi connectivity index (χ4n) is 2.62. The lowest BCUT2D eigenvalue weighted by Gasteiger charge is -2.17. The molecule has 3 rings (SSSR count). The third kappa shape index (κ3) is 5.45. The number of halogens is 6. The van der Waals surface area contributed by atoms with Crippen molar-refractivity contribution >= 4 is 44.2 Å². The number of fused-ring (bicyclic) bond motifs is 1. The quantitative estimate of drug-likeness (QED) is 0.223. The van der Waals surface area contributed by atoms with Crippen LogP contribution in [-0.2, 0) is 16.2 Å². The molecule has 3 aromatic rings. The molecule has 17 heteroatoms. The summed E-state index contributed by atoms with van der Waals surface area (Å²) in [6.07, 6.45) is -6.98. The molecule has 0 amide bonds. The Hall–Kier alpha value is -2.70. The highest BCUT2D eigenvalue weighted by Gasteiger charge is 2.40. The van der Waals surface area contributed by atoms with E-state index in [2.05, 4.69) is 19.8 Å². The second kappa shape index (κ2) is 9.65. The van der Waals surface area contributed by atoms with E-state index in [0.29, 0.717) is 6.07 Å². The Morgan fingerprint density at radius 1 is 1.21 bits per heavy atom. The van der Waals surface area contributed by atoms with Crippen LogP contribution in [0.2, 0.25) is 0 Å². The zero-order chi connectivity index (χ0) is 24.4. The maximum atomic E-state index is 13.5. The number of hydrogen-bond donors (Lipinski definition) is 1. The van der Waals surface area contributed by atoms with Crippen molar-refractivity contribution in [2.24, 2.45) is 0 Å². The third-order valence-electron chi connectivity index (χ3n) is 3.85. The minimum Gasteiger partial charge on any atom is -0.491 e. The number of ether oxygens (including phenoxy) is 3. The fourth-order valence-corrected chi connectivity index (χ4v) is 4.19. The van der Waals surface area contributed by atoms with E-state index in [9.17, 15) is 30.4 Å². The highest BCUT2D eigenvalue weighted by molar-refractivity contribution is 14.1. The van der Waals surface area contributed by atoms with E-state index in [1.165, 1.54) is 13.3 Å². The highest BCUT2D eigenvalue weighted by atomic mass is 127. The molecule has 2 aromatic heterocycles. The smallest absolute Gasteiger partial charge is 0.417 e. The molecule has 0 unspecified atom stereocenters. The molecule has 0 saturated carbocycles. The number of nitrogens with zero attached hydrogens (tertiary/aromatic N) is 4. The Morgan fingerprint density at radius 2 is 1.94 bits per heavy atom. The number of nitrogens with one attached hydrogen (secondary N) is 1. The summed E-state index contributed by atoms with van der Waals surface area (Å²) in [6.45, 7) is -1.32. The minimum atomic E-state index is -5.14. The molecule has 0 atom stereocenters. The number of alkyl halides is 6. The van der Waals surface area contributed by atoms with Crippen molar-refractivity contribution < 1.29 is 44.6 Å². The Labute approximate surface area is 196 Å². The van der Waals surface area contributed by atoms with Crippen molar-refractivity contribution in [3.8, 4) is 17.5 Å². The van der Waals surface area contributed by atoms with Crippen LogP contribution in [-0.4, -0.2) is 52.8 Å². The Kier molecular flexibility index (Phi) is 7.29. The number of sulfonamides is 1. The molecule has 1 N–H and O–H groups in total. The molecule has 0 aliphatic carbocycles. The van der Waals surface area contributed by atoms with E-state index in [0.717, 1.165) is 16.6 Å². The minimum absolute atomic E-state index is 0.0525. The van der Waals surface area contributed by atoms with E-state index in [1.54, 1.807) is 4.72 Å². The van der Waals surface area contributed by atoms with Gasteiger partial charge in [-0.05, 0) is 34.7 Å². The van der Waals surface area contributed by atoms with E-state index in [1.807, 2.05) is 22.6 Å². The van der Waals surface area contributed by atoms with Crippen molar-refractivity contribution in [2.45, 2.75) is 17.5 Å². The molecule has 0 bridgehead atoms. The van der Waals surface area contributed by atoms with E-state index >= 15 is 0 Å². The highest BCUT2D eigenvalue weighted by Crippen LogP contribution is 2.39. The van der Waals surface area contributed by atoms with E-state index in [4.69, 9.17) is 9.47 Å². The lowest BCUT2D eigenvalue weighted by Crippen LogP contribution is -2.21. The lowest BCUT2D eigenvalue weighted by atomic mass is 10.2. The first kappa shape index (κ1) is 24.9. The number of anilines is 1. The number of hydrogen-bond acceptors (Lipinski definition) is 8. The lowest BCUT2D eigenvalue weighted by molar-refractivity contribution is -0.140. The van der Waals surface area contributed by atoms with Gasteiger partial charge >= 0.3 is 12.2 Å². The molecule has 0 radical (unpaired) electrons. The van der Waals surface area contributed by atoms with Crippen molar-refractivity contribution in [3.63, 3.8) is 0 Å². The largest absolute Gasteiger partial charge is 0.491 e. The molecule has 0 fully saturated rings. The molecule has 10 nitrogen and oxygen atoms in total. The van der Waals surface area contributed by atoms with Crippen LogP contribution in [0.15, 0.2) is 29.3 Å². The maximum absolute atomic E-state index is 13.5. The monoisotopic (exact) mass is 609 g/mol. The predicted octanol–water partition coefficient (Wildman–Crippen LogP) is 3.37. The van der Waals surface area contributed by atoms with Gasteiger partial charge in [0.2, 0.25) is 5.65 Å². The van der Waals surface area contributed by atoms with Crippen molar-refractivity contribution in [2.75, 3.05) is 23.1 Å². The average Bonchev–Trinajstić information content (AvgIpc) is 3.15. The molecule has 0 aliphatic rings. The SMILES string of the molecule is COc1cnc(OCI)n2nc(NS(=O)(=O)c3c(OCC(F)F)cccc3C(F)(F)F)nc12. The third-order valence-corrected chi connectivity index (χ3v) is 5.57. The summed E-state index contributed by atoms with van der Waals surface area (Å²) in [5, 5.41) is 3.85. The Bertz CT molecular complexity index is 1250. The molecular formula is C16H13F5IN5O5S. The second-order valence-electron chi connectivity index (χ2n) is 5.97. The van der Waals surface area contributed by atoms with Crippen molar-refractivity contribution in [1.29, 1.82) is 0 Å². The fraction of sp³-hybridized carbons (Fsp3) is 0.312. The zero-order valence-corrected chi connectivity index (χ0v) is 19.3. The first-order valence-corrected chi connectivity index (χ1v) is 11.6. The predicted molar refractivity (Wildman–Crippen MR) is 111 cm³/mol. The Morgan fingerprint density at radius 3 is 2.55 bits per heavy atom. The van der Waals surface area contributed by atoms with Crippen LogP contribution in [0.3, 0.4) is 0 Å². The molecule has 33 heavy (non-hydrogen) atoms. The molecule has 1 aromatic carbocycles. The van der Waals surface area contributed by atoms with Crippen LogP contribution in [0.25, 0.3) is 5.65 Å². The van der Waals surface area contributed by atoms with Crippen molar-refractivity contribution in [1.82, 2.24) is 19.6 Å². The standard InChI is InChI=1S/C16H13F5IN5O5S/c1-30-10-5-23-15(32-7-22)27-13(10)24-14(25-27)26-33(28,29)12-8(16(19,20)21)3-2-4-9(12)31-6-11(17)18/h2-5,11H,6-7H2,1H3,(H,25,26). The van der Waals surface area contributed by atoms with Crippen LogP contribution in [0.4, 0.5) is 27.9 Å². The van der Waals surface area contributed by atoms with Crippen LogP contribution in [0, 0.1) is 0 Å². The number of methoxy groups -OCH3 is 1.